The fourth-order valence-corrected chi connectivity index (χ4v) is 3.36. The van der Waals surface area contributed by atoms with E-state index in [0.29, 0.717) is 6.04 Å². The molecule has 0 aromatic rings. The van der Waals surface area contributed by atoms with Gasteiger partial charge in [0.1, 0.15) is 5.54 Å². The largest absolute Gasteiger partial charge is 0.468 e. The van der Waals surface area contributed by atoms with Crippen molar-refractivity contribution >= 4 is 5.97 Å². The van der Waals surface area contributed by atoms with Crippen LogP contribution in [0.4, 0.5) is 0 Å². The highest BCUT2D eigenvalue weighted by molar-refractivity contribution is 5.80. The predicted molar refractivity (Wildman–Crippen MR) is 85.2 cm³/mol. The minimum atomic E-state index is -0.523. The molecule has 0 bridgehead atoms. The van der Waals surface area contributed by atoms with Crippen LogP contribution in [0.25, 0.3) is 0 Å². The van der Waals surface area contributed by atoms with E-state index in [-0.39, 0.29) is 5.97 Å². The zero-order valence-corrected chi connectivity index (χ0v) is 14.2. The minimum Gasteiger partial charge on any atom is -0.468 e. The summed E-state index contributed by atoms with van der Waals surface area (Å²) in [5, 5.41) is 3.48. The molecule has 0 radical (unpaired) electrons. The first-order chi connectivity index (χ1) is 9.94. The van der Waals surface area contributed by atoms with Crippen molar-refractivity contribution in [2.45, 2.75) is 64.5 Å². The van der Waals surface area contributed by atoms with Crippen molar-refractivity contribution in [1.29, 1.82) is 0 Å². The smallest absolute Gasteiger partial charge is 0.325 e. The van der Waals surface area contributed by atoms with E-state index >= 15 is 0 Å². The van der Waals surface area contributed by atoms with Gasteiger partial charge in [-0.05, 0) is 64.0 Å². The van der Waals surface area contributed by atoms with Gasteiger partial charge < -0.3 is 9.64 Å². The lowest BCUT2D eigenvalue weighted by atomic mass is 9.86. The Morgan fingerprint density at radius 1 is 1.29 bits per heavy atom. The molecule has 2 fully saturated rings. The first kappa shape index (κ1) is 16.8. The number of methoxy groups -OCH3 is 1. The van der Waals surface area contributed by atoms with Crippen molar-refractivity contribution in [3.05, 3.63) is 0 Å². The molecule has 1 aliphatic carbocycles. The summed E-state index contributed by atoms with van der Waals surface area (Å²) < 4.78 is 5.01. The zero-order chi connectivity index (χ0) is 15.5. The summed E-state index contributed by atoms with van der Waals surface area (Å²) in [4.78, 5) is 14.6. The molecule has 1 saturated heterocycles. The average molecular weight is 296 g/mol. The maximum Gasteiger partial charge on any atom is 0.325 e. The monoisotopic (exact) mass is 296 g/mol. The van der Waals surface area contributed by atoms with Gasteiger partial charge in [0.05, 0.1) is 7.11 Å². The molecule has 0 amide bonds. The van der Waals surface area contributed by atoms with Crippen LogP contribution in [0.15, 0.2) is 0 Å². The maximum absolute atomic E-state index is 12.1. The van der Waals surface area contributed by atoms with Gasteiger partial charge in [-0.15, -0.1) is 0 Å². The summed E-state index contributed by atoms with van der Waals surface area (Å²) in [5.41, 5.74) is -0.523. The minimum absolute atomic E-state index is 0.119. The number of hydrogen-bond donors (Lipinski definition) is 1. The number of rotatable bonds is 7. The average Bonchev–Trinajstić information content (AvgIpc) is 3.28. The summed E-state index contributed by atoms with van der Waals surface area (Å²) in [5.74, 6) is 1.55. The van der Waals surface area contributed by atoms with Crippen molar-refractivity contribution in [2.75, 3.05) is 26.7 Å². The number of carbonyl (C=O) groups excluding carboxylic acids is 1. The number of carbonyl (C=O) groups is 1. The van der Waals surface area contributed by atoms with Crippen LogP contribution in [-0.4, -0.2) is 49.2 Å². The van der Waals surface area contributed by atoms with Crippen molar-refractivity contribution in [3.63, 3.8) is 0 Å². The van der Waals surface area contributed by atoms with Crippen LogP contribution >= 0.6 is 0 Å². The normalized spacial score (nSPS) is 24.0. The Bertz CT molecular complexity index is 347. The number of ether oxygens (including phenoxy) is 1. The first-order valence-corrected chi connectivity index (χ1v) is 8.53. The van der Waals surface area contributed by atoms with E-state index in [0.717, 1.165) is 24.8 Å². The van der Waals surface area contributed by atoms with Gasteiger partial charge >= 0.3 is 5.97 Å². The second-order valence-electron chi connectivity index (χ2n) is 7.42. The van der Waals surface area contributed by atoms with Crippen molar-refractivity contribution in [1.82, 2.24) is 10.2 Å². The van der Waals surface area contributed by atoms with E-state index in [2.05, 4.69) is 24.1 Å². The van der Waals surface area contributed by atoms with E-state index in [9.17, 15) is 4.79 Å². The van der Waals surface area contributed by atoms with E-state index in [1.165, 1.54) is 45.9 Å². The highest BCUT2D eigenvalue weighted by Crippen LogP contribution is 2.27. The molecule has 1 aliphatic heterocycles. The highest BCUT2D eigenvalue weighted by Gasteiger charge is 2.39. The fraction of sp³-hybridized carbons (Fsp3) is 0.941. The van der Waals surface area contributed by atoms with Crippen LogP contribution in [0.2, 0.25) is 0 Å². The van der Waals surface area contributed by atoms with Crippen LogP contribution in [0.1, 0.15) is 52.9 Å². The van der Waals surface area contributed by atoms with Crippen molar-refractivity contribution in [3.8, 4) is 0 Å². The third-order valence-electron chi connectivity index (χ3n) is 5.24. The molecule has 1 saturated carbocycles. The lowest BCUT2D eigenvalue weighted by Gasteiger charge is -2.36. The van der Waals surface area contributed by atoms with Crippen LogP contribution in [0.5, 0.6) is 0 Å². The maximum atomic E-state index is 12.1. The molecule has 2 rings (SSSR count). The second kappa shape index (κ2) is 7.10. The summed E-state index contributed by atoms with van der Waals surface area (Å²) in [7, 11) is 1.49. The molecule has 1 heterocycles. The van der Waals surface area contributed by atoms with Crippen molar-refractivity contribution in [2.24, 2.45) is 11.8 Å². The lowest BCUT2D eigenvalue weighted by molar-refractivity contribution is -0.148. The predicted octanol–water partition coefficient (Wildman–Crippen LogP) is 2.43. The molecular formula is C17H32N2O2. The van der Waals surface area contributed by atoms with Gasteiger partial charge in [0.2, 0.25) is 0 Å². The number of hydrogen-bond acceptors (Lipinski definition) is 4. The number of likely N-dealkylation sites (tertiary alicyclic amines) is 1. The fourth-order valence-electron chi connectivity index (χ4n) is 3.36. The van der Waals surface area contributed by atoms with Crippen LogP contribution in [0.3, 0.4) is 0 Å². The Hall–Kier alpha value is -0.610. The van der Waals surface area contributed by atoms with Crippen molar-refractivity contribution < 1.29 is 9.53 Å². The van der Waals surface area contributed by atoms with Crippen LogP contribution in [0, 0.1) is 11.8 Å². The Labute approximate surface area is 129 Å². The Morgan fingerprint density at radius 2 is 1.90 bits per heavy atom. The molecule has 1 N–H and O–H groups in total. The topological polar surface area (TPSA) is 41.6 Å². The van der Waals surface area contributed by atoms with E-state index in [1.54, 1.807) is 0 Å². The Kier molecular flexibility index (Phi) is 5.67. The molecule has 0 aromatic heterocycles. The summed E-state index contributed by atoms with van der Waals surface area (Å²) >= 11 is 0. The molecule has 4 nitrogen and oxygen atoms in total. The quantitative estimate of drug-likeness (QED) is 0.733. The third-order valence-corrected chi connectivity index (χ3v) is 5.24. The molecule has 21 heavy (non-hydrogen) atoms. The third kappa shape index (κ3) is 4.68. The SMILES string of the molecule is COC(=O)C(C)(CCN1CCC(C(C)C)CC1)NC1CC1. The number of nitrogens with one attached hydrogen (secondary N) is 1. The van der Waals surface area contributed by atoms with Gasteiger partial charge in [-0.25, -0.2) is 0 Å². The van der Waals surface area contributed by atoms with Gasteiger partial charge in [0.25, 0.3) is 0 Å². The lowest BCUT2D eigenvalue weighted by Crippen LogP contribution is -2.53. The molecule has 2 aliphatic rings. The molecule has 122 valence electrons. The van der Waals surface area contributed by atoms with Gasteiger partial charge in [-0.1, -0.05) is 13.8 Å². The molecule has 1 atom stereocenters. The highest BCUT2D eigenvalue weighted by atomic mass is 16.5. The molecule has 1 unspecified atom stereocenters. The van der Waals surface area contributed by atoms with Gasteiger partial charge in [-0.2, -0.15) is 0 Å². The second-order valence-corrected chi connectivity index (χ2v) is 7.42. The van der Waals surface area contributed by atoms with E-state index in [4.69, 9.17) is 4.74 Å². The van der Waals surface area contributed by atoms with E-state index in [1.807, 2.05) is 6.92 Å². The first-order valence-electron chi connectivity index (χ1n) is 8.53. The molecule has 0 aromatic carbocycles. The summed E-state index contributed by atoms with van der Waals surface area (Å²) in [6, 6.07) is 0.515. The summed E-state index contributed by atoms with van der Waals surface area (Å²) in [6.45, 7) is 9.98. The van der Waals surface area contributed by atoms with Gasteiger partial charge in [0.15, 0.2) is 0 Å². The zero-order valence-electron chi connectivity index (χ0n) is 14.2. The van der Waals surface area contributed by atoms with Crippen LogP contribution in [-0.2, 0) is 9.53 Å². The molecular weight excluding hydrogens is 264 g/mol. The van der Waals surface area contributed by atoms with Gasteiger partial charge in [-0.3, -0.25) is 10.1 Å². The number of piperidine rings is 1. The Balaban J connectivity index is 1.80. The number of nitrogens with zero attached hydrogens (tertiary/aromatic N) is 1. The van der Waals surface area contributed by atoms with Crippen LogP contribution < -0.4 is 5.32 Å². The van der Waals surface area contributed by atoms with Gasteiger partial charge in [0, 0.05) is 12.6 Å². The Morgan fingerprint density at radius 3 is 2.38 bits per heavy atom. The number of esters is 1. The van der Waals surface area contributed by atoms with E-state index < -0.39 is 5.54 Å². The standard InChI is InChI=1S/C17H32N2O2/c1-13(2)14-7-10-19(11-8-14)12-9-17(3,16(20)21-4)18-15-5-6-15/h13-15,18H,5-12H2,1-4H3. The summed E-state index contributed by atoms with van der Waals surface area (Å²) in [6.07, 6.45) is 5.80. The molecule has 4 heteroatoms. The molecule has 0 spiro atoms.